The number of para-hydroxylation sites is 2. The standard InChI is InChI=1S/C35H33FO6/c1-5-6-16-25-21(2)22-13-7-10-17-26(22)35(25,36)20-42-34(39)32-29(23-14-8-11-18-27(23)40-3)31(33(37)38)30(32)24-15-9-12-19-28(24)41-4/h5-19,29-32H,1,20H2,2-4H3,(H,37,38)/b16-6-/t29-,30-,31?,32?,35?/m0/s1. The van der Waals surface area contributed by atoms with Gasteiger partial charge in [0.25, 0.3) is 0 Å². The van der Waals surface area contributed by atoms with E-state index in [1.165, 1.54) is 14.2 Å². The van der Waals surface area contributed by atoms with Crippen LogP contribution >= 0.6 is 0 Å². The second-order valence-electron chi connectivity index (χ2n) is 10.5. The Kier molecular flexibility index (Phi) is 8.03. The van der Waals surface area contributed by atoms with Crippen molar-refractivity contribution in [2.75, 3.05) is 20.8 Å². The fourth-order valence-electron chi connectivity index (χ4n) is 6.59. The summed E-state index contributed by atoms with van der Waals surface area (Å²) in [6, 6.07) is 21.2. The van der Waals surface area contributed by atoms with Crippen LogP contribution in [0.3, 0.4) is 0 Å². The zero-order valence-electron chi connectivity index (χ0n) is 23.8. The summed E-state index contributed by atoms with van der Waals surface area (Å²) >= 11 is 0. The highest BCUT2D eigenvalue weighted by Gasteiger charge is 2.61. The Morgan fingerprint density at radius 1 is 0.905 bits per heavy atom. The first-order valence-electron chi connectivity index (χ1n) is 13.7. The van der Waals surface area contributed by atoms with Crippen molar-refractivity contribution in [2.45, 2.75) is 24.4 Å². The van der Waals surface area contributed by atoms with Crippen molar-refractivity contribution in [1.29, 1.82) is 0 Å². The van der Waals surface area contributed by atoms with E-state index in [9.17, 15) is 14.7 Å². The summed E-state index contributed by atoms with van der Waals surface area (Å²) in [7, 11) is 2.99. The molecule has 7 heteroatoms. The van der Waals surface area contributed by atoms with Crippen LogP contribution in [-0.4, -0.2) is 37.9 Å². The first kappa shape index (κ1) is 28.9. The Morgan fingerprint density at radius 2 is 1.45 bits per heavy atom. The van der Waals surface area contributed by atoms with Gasteiger partial charge in [-0.25, -0.2) is 4.39 Å². The van der Waals surface area contributed by atoms with Crippen LogP contribution in [0.25, 0.3) is 5.57 Å². The Morgan fingerprint density at radius 3 is 2.00 bits per heavy atom. The number of alkyl halides is 1. The molecule has 0 heterocycles. The summed E-state index contributed by atoms with van der Waals surface area (Å²) in [5, 5.41) is 10.4. The predicted molar refractivity (Wildman–Crippen MR) is 158 cm³/mol. The molecule has 3 atom stereocenters. The van der Waals surface area contributed by atoms with Gasteiger partial charge in [-0.2, -0.15) is 0 Å². The van der Waals surface area contributed by atoms with Crippen molar-refractivity contribution in [1.82, 2.24) is 0 Å². The van der Waals surface area contributed by atoms with Gasteiger partial charge < -0.3 is 19.3 Å². The van der Waals surface area contributed by atoms with Crippen LogP contribution in [-0.2, 0) is 20.0 Å². The van der Waals surface area contributed by atoms with E-state index in [2.05, 4.69) is 6.58 Å². The fourth-order valence-corrected chi connectivity index (χ4v) is 6.59. The third-order valence-electron chi connectivity index (χ3n) is 8.50. The Labute approximate surface area is 244 Å². The van der Waals surface area contributed by atoms with Crippen LogP contribution in [0.5, 0.6) is 11.5 Å². The van der Waals surface area contributed by atoms with E-state index in [0.29, 0.717) is 33.8 Å². The quantitative estimate of drug-likeness (QED) is 0.213. The predicted octanol–water partition coefficient (Wildman–Crippen LogP) is 6.84. The Bertz CT molecular complexity index is 1530. The summed E-state index contributed by atoms with van der Waals surface area (Å²) in [5.41, 5.74) is 1.35. The summed E-state index contributed by atoms with van der Waals surface area (Å²) in [6.07, 6.45) is 4.86. The minimum absolute atomic E-state index is 0.385. The number of hydrogen-bond donors (Lipinski definition) is 1. The summed E-state index contributed by atoms with van der Waals surface area (Å²) in [6.45, 7) is 4.97. The molecule has 2 aliphatic carbocycles. The number of carboxylic acid groups (broad SMARTS) is 1. The lowest BCUT2D eigenvalue weighted by atomic mass is 9.52. The number of rotatable bonds is 10. The molecule has 1 fully saturated rings. The molecule has 1 N–H and O–H groups in total. The van der Waals surface area contributed by atoms with Crippen molar-refractivity contribution in [2.24, 2.45) is 11.8 Å². The van der Waals surface area contributed by atoms with Crippen LogP contribution in [0.15, 0.2) is 103 Å². The van der Waals surface area contributed by atoms with Crippen LogP contribution in [0, 0.1) is 11.8 Å². The largest absolute Gasteiger partial charge is 0.496 e. The molecule has 0 saturated heterocycles. The molecule has 42 heavy (non-hydrogen) atoms. The van der Waals surface area contributed by atoms with Gasteiger partial charge in [-0.3, -0.25) is 9.59 Å². The first-order valence-corrected chi connectivity index (χ1v) is 13.7. The van der Waals surface area contributed by atoms with E-state index >= 15 is 4.39 Å². The van der Waals surface area contributed by atoms with Gasteiger partial charge in [-0.05, 0) is 41.3 Å². The molecular weight excluding hydrogens is 535 g/mol. The maximum absolute atomic E-state index is 17.0. The molecule has 2 aliphatic rings. The van der Waals surface area contributed by atoms with E-state index in [-0.39, 0.29) is 0 Å². The summed E-state index contributed by atoms with van der Waals surface area (Å²) < 4.78 is 34.0. The van der Waals surface area contributed by atoms with Crippen molar-refractivity contribution >= 4 is 17.5 Å². The lowest BCUT2D eigenvalue weighted by Crippen LogP contribution is -2.52. The maximum Gasteiger partial charge on any atom is 0.310 e. The zero-order chi connectivity index (χ0) is 30.0. The van der Waals surface area contributed by atoms with Gasteiger partial charge in [0.15, 0.2) is 5.67 Å². The number of ether oxygens (including phenoxy) is 3. The van der Waals surface area contributed by atoms with Crippen LogP contribution in [0.4, 0.5) is 4.39 Å². The number of fused-ring (bicyclic) bond motifs is 1. The van der Waals surface area contributed by atoms with E-state index < -0.39 is 47.9 Å². The van der Waals surface area contributed by atoms with Gasteiger partial charge in [0.05, 0.1) is 26.1 Å². The average Bonchev–Trinajstić information content (AvgIpc) is 3.20. The van der Waals surface area contributed by atoms with Gasteiger partial charge in [-0.1, -0.05) is 85.5 Å². The fraction of sp³-hybridized carbons (Fsp3) is 0.257. The molecule has 0 spiro atoms. The number of carbonyl (C=O) groups is 2. The summed E-state index contributed by atoms with van der Waals surface area (Å²) in [4.78, 5) is 26.8. The monoisotopic (exact) mass is 568 g/mol. The van der Waals surface area contributed by atoms with Gasteiger partial charge in [-0.15, -0.1) is 0 Å². The highest BCUT2D eigenvalue weighted by atomic mass is 19.1. The molecule has 0 radical (unpaired) electrons. The molecule has 1 unspecified atom stereocenters. The minimum atomic E-state index is -2.09. The third kappa shape index (κ3) is 4.69. The van der Waals surface area contributed by atoms with E-state index in [0.717, 1.165) is 11.1 Å². The normalized spacial score (nSPS) is 24.6. The number of benzene rings is 3. The Balaban J connectivity index is 1.56. The Hall–Kier alpha value is -4.65. The molecule has 0 aliphatic heterocycles. The number of halogens is 1. The average molecular weight is 569 g/mol. The smallest absolute Gasteiger partial charge is 0.310 e. The number of aliphatic carboxylic acids is 1. The lowest BCUT2D eigenvalue weighted by molar-refractivity contribution is -0.166. The van der Waals surface area contributed by atoms with Crippen LogP contribution in [0.2, 0.25) is 0 Å². The number of esters is 1. The lowest BCUT2D eigenvalue weighted by Gasteiger charge is -2.49. The minimum Gasteiger partial charge on any atom is -0.496 e. The number of methoxy groups -OCH3 is 2. The molecule has 3 aromatic rings. The number of carboxylic acids is 1. The molecule has 6 nitrogen and oxygen atoms in total. The molecule has 3 aromatic carbocycles. The molecule has 216 valence electrons. The molecule has 0 amide bonds. The first-order chi connectivity index (χ1) is 20.3. The van der Waals surface area contributed by atoms with Crippen molar-refractivity contribution in [3.63, 3.8) is 0 Å². The van der Waals surface area contributed by atoms with E-state index in [4.69, 9.17) is 14.2 Å². The van der Waals surface area contributed by atoms with Crippen molar-refractivity contribution in [3.05, 3.63) is 125 Å². The van der Waals surface area contributed by atoms with Gasteiger partial charge in [0.1, 0.15) is 18.1 Å². The molecule has 5 rings (SSSR count). The molecular formula is C35H33FO6. The second-order valence-corrected chi connectivity index (χ2v) is 10.5. The van der Waals surface area contributed by atoms with Gasteiger partial charge in [0.2, 0.25) is 0 Å². The highest BCUT2D eigenvalue weighted by Crippen LogP contribution is 2.61. The SMILES string of the molecule is C=C/C=C\C1=C(C)c2ccccc2C1(F)COC(=O)C1[C@@H](c2ccccc2OC)C(C(=O)O)[C@@H]1c1ccccc1OC. The van der Waals surface area contributed by atoms with Crippen LogP contribution < -0.4 is 9.47 Å². The maximum atomic E-state index is 17.0. The van der Waals surface area contributed by atoms with Crippen LogP contribution in [0.1, 0.15) is 41.0 Å². The van der Waals surface area contributed by atoms with Crippen molar-refractivity contribution in [3.8, 4) is 11.5 Å². The number of allylic oxidation sites excluding steroid dienone is 4. The zero-order valence-corrected chi connectivity index (χ0v) is 23.8. The van der Waals surface area contributed by atoms with Gasteiger partial charge in [0, 0.05) is 23.0 Å². The highest BCUT2D eigenvalue weighted by molar-refractivity contribution is 5.86. The molecule has 1 saturated carbocycles. The molecule has 0 aromatic heterocycles. The third-order valence-corrected chi connectivity index (χ3v) is 8.50. The second kappa shape index (κ2) is 11.7. The number of hydrogen-bond acceptors (Lipinski definition) is 5. The van der Waals surface area contributed by atoms with Gasteiger partial charge >= 0.3 is 11.9 Å². The molecule has 0 bridgehead atoms. The number of carbonyl (C=O) groups excluding carboxylic acids is 1. The van der Waals surface area contributed by atoms with E-state index in [1.807, 2.05) is 19.1 Å². The van der Waals surface area contributed by atoms with E-state index in [1.54, 1.807) is 78.9 Å². The van der Waals surface area contributed by atoms with Crippen molar-refractivity contribution < 1.29 is 33.3 Å². The topological polar surface area (TPSA) is 82.1 Å². The summed E-state index contributed by atoms with van der Waals surface area (Å²) in [5.74, 6) is -4.28.